The third kappa shape index (κ3) is 3.07. The fourth-order valence-electron chi connectivity index (χ4n) is 4.43. The van der Waals surface area contributed by atoms with Gasteiger partial charge in [0.15, 0.2) is 15.0 Å². The molecule has 5 nitrogen and oxygen atoms in total. The third-order valence-corrected chi connectivity index (χ3v) is 7.66. The lowest BCUT2D eigenvalue weighted by Gasteiger charge is -2.20. The number of benzene rings is 1. The van der Waals surface area contributed by atoms with Crippen molar-refractivity contribution >= 4 is 32.2 Å². The van der Waals surface area contributed by atoms with Gasteiger partial charge in [0.1, 0.15) is 0 Å². The number of carbonyl (C=O) groups excluding carboxylic acids is 1. The van der Waals surface area contributed by atoms with Crippen LogP contribution in [-0.4, -0.2) is 25.6 Å². The van der Waals surface area contributed by atoms with Crippen LogP contribution in [0.4, 0.5) is 5.13 Å². The van der Waals surface area contributed by atoms with Crippen molar-refractivity contribution in [2.24, 2.45) is 11.8 Å². The predicted octanol–water partition coefficient (Wildman–Crippen LogP) is 3.63. The summed E-state index contributed by atoms with van der Waals surface area (Å²) in [5.41, 5.74) is 0.354. The van der Waals surface area contributed by atoms with Crippen LogP contribution in [0.15, 0.2) is 40.7 Å². The fraction of sp³-hybridized carbons (Fsp3) is 0.474. The van der Waals surface area contributed by atoms with E-state index in [0.717, 1.165) is 12.0 Å². The molecule has 0 radical (unpaired) electrons. The minimum Gasteiger partial charge on any atom is -0.301 e. The van der Waals surface area contributed by atoms with Gasteiger partial charge in [-0.05, 0) is 36.0 Å². The maximum atomic E-state index is 13.2. The summed E-state index contributed by atoms with van der Waals surface area (Å²) in [5, 5.41) is 5.42. The maximum Gasteiger partial charge on any atom is 0.237 e. The molecular formula is C19H22N2O3S2. The number of rotatable bonds is 5. The topological polar surface area (TPSA) is 76.1 Å². The number of thiazole rings is 1. The summed E-state index contributed by atoms with van der Waals surface area (Å²) in [4.78, 5) is 17.6. The Morgan fingerprint density at radius 2 is 1.92 bits per heavy atom. The molecule has 1 aromatic heterocycles. The molecule has 2 saturated carbocycles. The van der Waals surface area contributed by atoms with Gasteiger partial charge in [-0.3, -0.25) is 4.79 Å². The summed E-state index contributed by atoms with van der Waals surface area (Å²) in [6.07, 6.45) is 8.53. The Bertz CT molecular complexity index is 901. The highest BCUT2D eigenvalue weighted by Crippen LogP contribution is 2.61. The fourth-order valence-corrected chi connectivity index (χ4v) is 5.59. The highest BCUT2D eigenvalue weighted by atomic mass is 32.2. The van der Waals surface area contributed by atoms with Crippen LogP contribution in [-0.2, 0) is 20.0 Å². The van der Waals surface area contributed by atoms with E-state index in [0.29, 0.717) is 17.0 Å². The van der Waals surface area contributed by atoms with Gasteiger partial charge in [-0.15, -0.1) is 11.3 Å². The van der Waals surface area contributed by atoms with Crippen molar-refractivity contribution in [2.75, 3.05) is 11.6 Å². The molecule has 1 N–H and O–H groups in total. The van der Waals surface area contributed by atoms with Gasteiger partial charge in [0.2, 0.25) is 5.91 Å². The van der Waals surface area contributed by atoms with Gasteiger partial charge in [-0.1, -0.05) is 37.8 Å². The van der Waals surface area contributed by atoms with Crippen LogP contribution in [0.25, 0.3) is 0 Å². The summed E-state index contributed by atoms with van der Waals surface area (Å²) in [6, 6.07) is 6.86. The van der Waals surface area contributed by atoms with Crippen molar-refractivity contribution in [2.45, 2.75) is 42.4 Å². The average Bonchev–Trinajstić information content (AvgIpc) is 2.97. The molecule has 26 heavy (non-hydrogen) atoms. The van der Waals surface area contributed by atoms with Crippen molar-refractivity contribution in [3.63, 3.8) is 0 Å². The molecule has 2 aromatic rings. The zero-order valence-corrected chi connectivity index (χ0v) is 16.3. The van der Waals surface area contributed by atoms with Crippen LogP contribution in [0.2, 0.25) is 0 Å². The second kappa shape index (κ2) is 6.46. The highest BCUT2D eigenvalue weighted by Gasteiger charge is 2.63. The number of nitrogens with one attached hydrogen (secondary N) is 1. The molecule has 2 atom stereocenters. The first-order chi connectivity index (χ1) is 12.4. The lowest BCUT2D eigenvalue weighted by Crippen LogP contribution is -2.31. The van der Waals surface area contributed by atoms with Gasteiger partial charge in [0, 0.05) is 17.8 Å². The first-order valence-electron chi connectivity index (χ1n) is 8.93. The zero-order chi connectivity index (χ0) is 18.4. The minimum absolute atomic E-state index is 0.0172. The first-order valence-corrected chi connectivity index (χ1v) is 11.7. The average molecular weight is 391 g/mol. The van der Waals surface area contributed by atoms with Crippen LogP contribution in [0.1, 0.15) is 37.7 Å². The largest absolute Gasteiger partial charge is 0.301 e. The predicted molar refractivity (Wildman–Crippen MR) is 102 cm³/mol. The Balaban J connectivity index is 1.66. The number of anilines is 1. The van der Waals surface area contributed by atoms with E-state index >= 15 is 0 Å². The van der Waals surface area contributed by atoms with Gasteiger partial charge in [-0.25, -0.2) is 13.4 Å². The number of aromatic nitrogens is 1. The van der Waals surface area contributed by atoms with Gasteiger partial charge >= 0.3 is 0 Å². The van der Waals surface area contributed by atoms with Gasteiger partial charge in [0.05, 0.1) is 10.3 Å². The monoisotopic (exact) mass is 390 g/mol. The van der Waals surface area contributed by atoms with Gasteiger partial charge in [-0.2, -0.15) is 0 Å². The number of amides is 1. The molecule has 2 aliphatic rings. The Hall–Kier alpha value is -1.73. The Labute approximate surface area is 157 Å². The molecule has 1 amide bonds. The number of hydrogen-bond donors (Lipinski definition) is 1. The zero-order valence-electron chi connectivity index (χ0n) is 14.6. The molecule has 2 fully saturated rings. The molecule has 0 aliphatic heterocycles. The van der Waals surface area contributed by atoms with Crippen molar-refractivity contribution in [1.29, 1.82) is 0 Å². The standard InChI is InChI=1S/C19H22N2O3S2/c1-26(23,24)15-8-6-14(7-9-15)19(12-16(19)13-4-2-3-5-13)17(22)21-18-20-10-11-25-18/h6-11,13,16H,2-5,12H2,1H3,(H,20,21,22). The Morgan fingerprint density at radius 1 is 1.23 bits per heavy atom. The van der Waals surface area contributed by atoms with Gasteiger partial charge < -0.3 is 5.32 Å². The summed E-state index contributed by atoms with van der Waals surface area (Å²) >= 11 is 1.41. The molecule has 0 spiro atoms. The van der Waals surface area contributed by atoms with E-state index in [-0.39, 0.29) is 10.8 Å². The van der Waals surface area contributed by atoms with Crippen LogP contribution in [0.5, 0.6) is 0 Å². The third-order valence-electron chi connectivity index (χ3n) is 5.84. The van der Waals surface area contributed by atoms with E-state index in [2.05, 4.69) is 10.3 Å². The Morgan fingerprint density at radius 3 is 2.50 bits per heavy atom. The van der Waals surface area contributed by atoms with Gasteiger partial charge in [0.25, 0.3) is 0 Å². The normalized spacial score (nSPS) is 26.0. The summed E-state index contributed by atoms with van der Waals surface area (Å²) < 4.78 is 23.5. The molecule has 0 saturated heterocycles. The number of sulfone groups is 1. The molecule has 7 heteroatoms. The number of carbonyl (C=O) groups is 1. The number of hydrogen-bond acceptors (Lipinski definition) is 5. The summed E-state index contributed by atoms with van der Waals surface area (Å²) in [7, 11) is -3.24. The van der Waals surface area contributed by atoms with E-state index < -0.39 is 15.3 Å². The molecular weight excluding hydrogens is 368 g/mol. The van der Waals surface area contributed by atoms with Crippen molar-refractivity contribution in [3.05, 3.63) is 41.4 Å². The quantitative estimate of drug-likeness (QED) is 0.846. The second-order valence-electron chi connectivity index (χ2n) is 7.41. The molecule has 1 heterocycles. The summed E-state index contributed by atoms with van der Waals surface area (Å²) in [6.45, 7) is 0. The molecule has 0 bridgehead atoms. The molecule has 138 valence electrons. The van der Waals surface area contributed by atoms with Crippen molar-refractivity contribution in [3.8, 4) is 0 Å². The second-order valence-corrected chi connectivity index (χ2v) is 10.3. The summed E-state index contributed by atoms with van der Waals surface area (Å²) in [5.74, 6) is 0.886. The molecule has 2 aliphatic carbocycles. The lowest BCUT2D eigenvalue weighted by molar-refractivity contribution is -0.119. The van der Waals surface area contributed by atoms with E-state index in [1.807, 2.05) is 17.5 Å². The van der Waals surface area contributed by atoms with Crippen LogP contribution in [0.3, 0.4) is 0 Å². The van der Waals surface area contributed by atoms with E-state index in [9.17, 15) is 13.2 Å². The smallest absolute Gasteiger partial charge is 0.237 e. The van der Waals surface area contributed by atoms with Crippen molar-refractivity contribution in [1.82, 2.24) is 4.98 Å². The molecule has 2 unspecified atom stereocenters. The van der Waals surface area contributed by atoms with Crippen LogP contribution in [0, 0.1) is 11.8 Å². The molecule has 4 rings (SSSR count). The van der Waals surface area contributed by atoms with Crippen LogP contribution < -0.4 is 5.32 Å². The molecule has 1 aromatic carbocycles. The van der Waals surface area contributed by atoms with Crippen LogP contribution >= 0.6 is 11.3 Å². The number of nitrogens with zero attached hydrogens (tertiary/aromatic N) is 1. The maximum absolute atomic E-state index is 13.2. The lowest BCUT2D eigenvalue weighted by atomic mass is 9.87. The van der Waals surface area contributed by atoms with Crippen molar-refractivity contribution < 1.29 is 13.2 Å². The minimum atomic E-state index is -3.24. The first kappa shape index (κ1) is 17.7. The van der Waals surface area contributed by atoms with E-state index in [1.165, 1.54) is 43.3 Å². The SMILES string of the molecule is CS(=O)(=O)c1ccc(C2(C(=O)Nc3nccs3)CC2C2CCCC2)cc1. The Kier molecular flexibility index (Phi) is 4.39. The highest BCUT2D eigenvalue weighted by molar-refractivity contribution is 7.90. The van der Waals surface area contributed by atoms with E-state index in [4.69, 9.17) is 0 Å². The van der Waals surface area contributed by atoms with E-state index in [1.54, 1.807) is 18.3 Å².